The van der Waals surface area contributed by atoms with Crippen molar-refractivity contribution in [1.82, 2.24) is 14.7 Å². The van der Waals surface area contributed by atoms with Crippen LogP contribution in [0.5, 0.6) is 0 Å². The molecule has 5 nitrogen and oxygen atoms in total. The minimum atomic E-state index is -0.658. The van der Waals surface area contributed by atoms with E-state index in [4.69, 9.17) is 0 Å². The fraction of sp³-hybridized carbons (Fsp3) is 0.474. The summed E-state index contributed by atoms with van der Waals surface area (Å²) in [4.78, 5) is 14.2. The molecule has 2 rings (SSSR count). The van der Waals surface area contributed by atoms with Crippen LogP contribution in [0.25, 0.3) is 0 Å². The van der Waals surface area contributed by atoms with Crippen LogP contribution in [0.3, 0.4) is 0 Å². The SMILES string of the molecule is CCN(CC(O)c1ccc(C)cc1)C(=O)CCc1cnn(C)c1C. The molecule has 1 heterocycles. The molecule has 0 fully saturated rings. The van der Waals surface area contributed by atoms with E-state index in [0.717, 1.165) is 22.4 Å². The Bertz CT molecular complexity index is 676. The fourth-order valence-electron chi connectivity index (χ4n) is 2.70. The molecule has 0 radical (unpaired) electrons. The van der Waals surface area contributed by atoms with Crippen molar-refractivity contribution in [3.8, 4) is 0 Å². The molecule has 1 atom stereocenters. The first-order chi connectivity index (χ1) is 11.4. The van der Waals surface area contributed by atoms with E-state index in [1.807, 2.05) is 63.0 Å². The van der Waals surface area contributed by atoms with Crippen LogP contribution in [0.15, 0.2) is 30.5 Å². The molecule has 5 heteroatoms. The number of aliphatic hydroxyl groups is 1. The van der Waals surface area contributed by atoms with Crippen LogP contribution in [0.2, 0.25) is 0 Å². The highest BCUT2D eigenvalue weighted by Gasteiger charge is 2.18. The highest BCUT2D eigenvalue weighted by atomic mass is 16.3. The lowest BCUT2D eigenvalue weighted by atomic mass is 10.1. The number of likely N-dealkylation sites (N-methyl/N-ethyl adjacent to an activating group) is 1. The van der Waals surface area contributed by atoms with Crippen LogP contribution in [0.4, 0.5) is 0 Å². The first-order valence-electron chi connectivity index (χ1n) is 8.42. The summed E-state index contributed by atoms with van der Waals surface area (Å²) in [5.74, 6) is 0.0620. The summed E-state index contributed by atoms with van der Waals surface area (Å²) in [5, 5.41) is 14.6. The molecule has 0 saturated heterocycles. The van der Waals surface area contributed by atoms with Crippen molar-refractivity contribution in [2.24, 2.45) is 7.05 Å². The lowest BCUT2D eigenvalue weighted by Gasteiger charge is -2.24. The second-order valence-corrected chi connectivity index (χ2v) is 6.24. The maximum atomic E-state index is 12.5. The summed E-state index contributed by atoms with van der Waals surface area (Å²) in [5.41, 5.74) is 4.18. The van der Waals surface area contributed by atoms with Gasteiger partial charge in [0.05, 0.1) is 18.8 Å². The van der Waals surface area contributed by atoms with E-state index in [1.165, 1.54) is 0 Å². The third-order valence-corrected chi connectivity index (χ3v) is 4.53. The molecule has 0 bridgehead atoms. The van der Waals surface area contributed by atoms with Gasteiger partial charge in [-0.25, -0.2) is 0 Å². The maximum Gasteiger partial charge on any atom is 0.222 e. The highest BCUT2D eigenvalue weighted by molar-refractivity contribution is 5.76. The van der Waals surface area contributed by atoms with Gasteiger partial charge in [-0.1, -0.05) is 29.8 Å². The molecule has 1 unspecified atom stereocenters. The fourth-order valence-corrected chi connectivity index (χ4v) is 2.70. The average molecular weight is 329 g/mol. The largest absolute Gasteiger partial charge is 0.387 e. The number of rotatable bonds is 7. The van der Waals surface area contributed by atoms with Crippen LogP contribution in [-0.2, 0) is 18.3 Å². The summed E-state index contributed by atoms with van der Waals surface area (Å²) < 4.78 is 1.82. The Kier molecular flexibility index (Phi) is 6.15. The molecule has 1 N–H and O–H groups in total. The lowest BCUT2D eigenvalue weighted by molar-refractivity contribution is -0.132. The number of benzene rings is 1. The van der Waals surface area contributed by atoms with Crippen molar-refractivity contribution >= 4 is 5.91 Å². The predicted molar refractivity (Wildman–Crippen MR) is 94.7 cm³/mol. The minimum absolute atomic E-state index is 0.0620. The standard InChI is InChI=1S/C19H27N3O2/c1-5-22(13-18(23)16-8-6-14(2)7-9-16)19(24)11-10-17-12-20-21(4)15(17)3/h6-9,12,18,23H,5,10-11,13H2,1-4H3. The number of hydrogen-bond acceptors (Lipinski definition) is 3. The molecular formula is C19H27N3O2. The van der Waals surface area contributed by atoms with Crippen LogP contribution < -0.4 is 0 Å². The van der Waals surface area contributed by atoms with Gasteiger partial charge in [0.25, 0.3) is 0 Å². The average Bonchev–Trinajstić information content (AvgIpc) is 2.89. The zero-order chi connectivity index (χ0) is 17.7. The Morgan fingerprint density at radius 3 is 2.50 bits per heavy atom. The van der Waals surface area contributed by atoms with Gasteiger partial charge in [0, 0.05) is 25.7 Å². The Balaban J connectivity index is 1.93. The monoisotopic (exact) mass is 329 g/mol. The second-order valence-electron chi connectivity index (χ2n) is 6.24. The van der Waals surface area contributed by atoms with Gasteiger partial charge in [-0.05, 0) is 38.3 Å². The van der Waals surface area contributed by atoms with Crippen molar-refractivity contribution in [3.05, 3.63) is 52.8 Å². The normalized spacial score (nSPS) is 12.2. The molecule has 1 aromatic carbocycles. The number of aliphatic hydroxyl groups excluding tert-OH is 1. The van der Waals surface area contributed by atoms with E-state index >= 15 is 0 Å². The van der Waals surface area contributed by atoms with Crippen molar-refractivity contribution in [2.75, 3.05) is 13.1 Å². The molecule has 2 aromatic rings. The highest BCUT2D eigenvalue weighted by Crippen LogP contribution is 2.16. The first kappa shape index (κ1) is 18.2. The minimum Gasteiger partial charge on any atom is -0.387 e. The first-order valence-corrected chi connectivity index (χ1v) is 8.42. The number of carbonyl (C=O) groups is 1. The van der Waals surface area contributed by atoms with Crippen LogP contribution >= 0.6 is 0 Å². The Morgan fingerprint density at radius 1 is 1.29 bits per heavy atom. The van der Waals surface area contributed by atoms with Crippen molar-refractivity contribution in [2.45, 2.75) is 39.7 Å². The molecular weight excluding hydrogens is 302 g/mol. The summed E-state index contributed by atoms with van der Waals surface area (Å²) in [6.07, 6.45) is 2.27. The number of amides is 1. The zero-order valence-electron chi connectivity index (χ0n) is 15.0. The molecule has 0 saturated carbocycles. The molecule has 0 aliphatic rings. The van der Waals surface area contributed by atoms with Gasteiger partial charge in [0.1, 0.15) is 0 Å². The molecule has 130 valence electrons. The maximum absolute atomic E-state index is 12.5. The topological polar surface area (TPSA) is 58.4 Å². The van der Waals surface area contributed by atoms with Crippen molar-refractivity contribution < 1.29 is 9.90 Å². The van der Waals surface area contributed by atoms with E-state index in [2.05, 4.69) is 5.10 Å². The summed E-state index contributed by atoms with van der Waals surface area (Å²) in [7, 11) is 1.90. The van der Waals surface area contributed by atoms with E-state index in [9.17, 15) is 9.90 Å². The number of carbonyl (C=O) groups excluding carboxylic acids is 1. The zero-order valence-corrected chi connectivity index (χ0v) is 15.0. The predicted octanol–water partition coefficient (Wildman–Crippen LogP) is 2.55. The lowest BCUT2D eigenvalue weighted by Crippen LogP contribution is -2.34. The van der Waals surface area contributed by atoms with Crippen LogP contribution in [0, 0.1) is 13.8 Å². The van der Waals surface area contributed by atoms with Gasteiger partial charge < -0.3 is 10.0 Å². The van der Waals surface area contributed by atoms with Gasteiger partial charge in [-0.15, -0.1) is 0 Å². The third kappa shape index (κ3) is 4.45. The van der Waals surface area contributed by atoms with Crippen LogP contribution in [-0.4, -0.2) is 38.8 Å². The Hall–Kier alpha value is -2.14. The van der Waals surface area contributed by atoms with Gasteiger partial charge in [-0.2, -0.15) is 5.10 Å². The van der Waals surface area contributed by atoms with E-state index in [0.29, 0.717) is 25.9 Å². The molecule has 1 aromatic heterocycles. The summed E-state index contributed by atoms with van der Waals surface area (Å²) in [6, 6.07) is 7.78. The third-order valence-electron chi connectivity index (χ3n) is 4.53. The Morgan fingerprint density at radius 2 is 1.96 bits per heavy atom. The van der Waals surface area contributed by atoms with Gasteiger partial charge in [0.2, 0.25) is 5.91 Å². The van der Waals surface area contributed by atoms with E-state index in [1.54, 1.807) is 4.90 Å². The van der Waals surface area contributed by atoms with Crippen molar-refractivity contribution in [1.29, 1.82) is 0 Å². The smallest absolute Gasteiger partial charge is 0.222 e. The molecule has 0 aliphatic heterocycles. The Labute approximate surface area is 143 Å². The molecule has 0 spiro atoms. The summed E-state index contributed by atoms with van der Waals surface area (Å²) >= 11 is 0. The molecule has 1 amide bonds. The van der Waals surface area contributed by atoms with Gasteiger partial charge in [-0.3, -0.25) is 9.48 Å². The summed E-state index contributed by atoms with van der Waals surface area (Å²) in [6.45, 7) is 6.87. The number of hydrogen-bond donors (Lipinski definition) is 1. The van der Waals surface area contributed by atoms with Gasteiger partial charge >= 0.3 is 0 Å². The quantitative estimate of drug-likeness (QED) is 0.849. The number of nitrogens with zero attached hydrogens (tertiary/aromatic N) is 3. The van der Waals surface area contributed by atoms with Crippen LogP contribution in [0.1, 0.15) is 41.8 Å². The van der Waals surface area contributed by atoms with Gasteiger partial charge in [0.15, 0.2) is 0 Å². The second kappa shape index (κ2) is 8.11. The van der Waals surface area contributed by atoms with Crippen molar-refractivity contribution in [3.63, 3.8) is 0 Å². The molecule has 0 aliphatic carbocycles. The van der Waals surface area contributed by atoms with E-state index < -0.39 is 6.10 Å². The van der Waals surface area contributed by atoms with E-state index in [-0.39, 0.29) is 5.91 Å². The number of aryl methyl sites for hydroxylation is 3. The molecule has 24 heavy (non-hydrogen) atoms. The number of aromatic nitrogens is 2.